The molecule has 282 valence electrons. The molecule has 2 unspecified atom stereocenters. The van der Waals surface area contributed by atoms with Crippen LogP contribution in [0.3, 0.4) is 0 Å². The molecule has 2 aliphatic carbocycles. The van der Waals surface area contributed by atoms with Crippen LogP contribution in [0.1, 0.15) is 95.6 Å². The van der Waals surface area contributed by atoms with Crippen molar-refractivity contribution in [1.29, 1.82) is 0 Å². The van der Waals surface area contributed by atoms with Crippen LogP contribution in [0, 0.1) is 17.8 Å². The molecule has 0 aromatic heterocycles. The summed E-state index contributed by atoms with van der Waals surface area (Å²) in [6.07, 6.45) is 10.1. The number of β-lactam (4-membered cyclic amide) rings is 1. The number of fused-ring (bicyclic) bond motifs is 1. The van der Waals surface area contributed by atoms with Crippen LogP contribution in [0.4, 0.5) is 14.4 Å². The fourth-order valence-electron chi connectivity index (χ4n) is 7.54. The zero-order valence-electron chi connectivity index (χ0n) is 30.7. The van der Waals surface area contributed by atoms with Crippen LogP contribution in [-0.4, -0.2) is 85.7 Å². The van der Waals surface area contributed by atoms with Crippen molar-refractivity contribution < 1.29 is 33.4 Å². The molecular formula is C39H54N6O7. The summed E-state index contributed by atoms with van der Waals surface area (Å²) < 4.78 is 10.9. The summed E-state index contributed by atoms with van der Waals surface area (Å²) in [5.74, 6) is -1.00. The molecule has 2 aromatic rings. The molecule has 0 radical (unpaired) electrons. The predicted molar refractivity (Wildman–Crippen MR) is 197 cm³/mol. The molecule has 0 bridgehead atoms. The molecule has 13 heteroatoms. The van der Waals surface area contributed by atoms with Crippen molar-refractivity contribution in [3.8, 4) is 0 Å². The summed E-state index contributed by atoms with van der Waals surface area (Å²) in [6.45, 7) is 2.56. The first-order valence-electron chi connectivity index (χ1n) is 18.9. The standard InChI is InChI=1S/C39H54N6O7/c1-26(30-21-12-19-29-18-10-11-20-31(29)30)41-37(48)45-33(35(47)44(2)3)32(34(45)46)22-13-23-40-36(42-38(49)51-24-27-14-6-4-7-15-27)43-39(50)52-25-28-16-8-5-9-17-28/h10-12,18-21,26-28,32-33H,4-9,13-17,22-25H2,1-3H3,(H,41,48)(H2,40,42,43,49,50)/t26?,32-,33?/m1/s1. The van der Waals surface area contributed by atoms with Gasteiger partial charge in [0.25, 0.3) is 0 Å². The highest BCUT2D eigenvalue weighted by molar-refractivity contribution is 6.09. The highest BCUT2D eigenvalue weighted by Gasteiger charge is 2.54. The number of hydrogen-bond acceptors (Lipinski definition) is 8. The molecule has 13 nitrogen and oxygen atoms in total. The molecule has 52 heavy (non-hydrogen) atoms. The van der Waals surface area contributed by atoms with Crippen LogP contribution >= 0.6 is 0 Å². The van der Waals surface area contributed by atoms with Crippen LogP contribution in [-0.2, 0) is 19.1 Å². The lowest BCUT2D eigenvalue weighted by atomic mass is 9.83. The van der Waals surface area contributed by atoms with Crippen molar-refractivity contribution in [3.05, 3.63) is 48.0 Å². The van der Waals surface area contributed by atoms with Gasteiger partial charge in [-0.05, 0) is 73.6 Å². The van der Waals surface area contributed by atoms with Crippen LogP contribution < -0.4 is 16.0 Å². The molecule has 3 atom stereocenters. The Labute approximate surface area is 306 Å². The minimum absolute atomic E-state index is 0.105. The Morgan fingerprint density at radius 3 is 2.02 bits per heavy atom. The van der Waals surface area contributed by atoms with E-state index in [2.05, 4.69) is 20.9 Å². The van der Waals surface area contributed by atoms with E-state index in [-0.39, 0.29) is 24.8 Å². The minimum atomic E-state index is -0.966. The topological polar surface area (TPSA) is 159 Å². The second-order valence-electron chi connectivity index (χ2n) is 14.6. The molecule has 1 aliphatic heterocycles. The number of aliphatic imine (C=N–C) groups is 1. The third-order valence-corrected chi connectivity index (χ3v) is 10.5. The summed E-state index contributed by atoms with van der Waals surface area (Å²) in [5, 5.41) is 10.0. The van der Waals surface area contributed by atoms with Crippen molar-refractivity contribution in [2.24, 2.45) is 22.7 Å². The first kappa shape index (κ1) is 38.5. The Hall–Kier alpha value is -4.68. The molecule has 1 heterocycles. The fraction of sp³-hybridized carbons (Fsp3) is 0.590. The number of amides is 6. The van der Waals surface area contributed by atoms with Crippen molar-refractivity contribution in [3.63, 3.8) is 0 Å². The van der Waals surface area contributed by atoms with Crippen LogP contribution in [0.2, 0.25) is 0 Å². The zero-order chi connectivity index (χ0) is 37.0. The molecule has 3 fully saturated rings. The first-order chi connectivity index (χ1) is 25.1. The van der Waals surface area contributed by atoms with Gasteiger partial charge in [-0.25, -0.2) is 14.4 Å². The number of carbonyl (C=O) groups is 5. The molecule has 3 N–H and O–H groups in total. The molecule has 3 aliphatic rings. The highest BCUT2D eigenvalue weighted by Crippen LogP contribution is 2.33. The van der Waals surface area contributed by atoms with E-state index < -0.39 is 42.1 Å². The number of alkyl carbamates (subject to hydrolysis) is 2. The van der Waals surface area contributed by atoms with Gasteiger partial charge >= 0.3 is 18.2 Å². The summed E-state index contributed by atoms with van der Waals surface area (Å²) in [7, 11) is 3.18. The number of guanidine groups is 1. The van der Waals surface area contributed by atoms with E-state index in [1.165, 1.54) is 17.7 Å². The van der Waals surface area contributed by atoms with Gasteiger partial charge < -0.3 is 19.7 Å². The Morgan fingerprint density at radius 1 is 0.846 bits per heavy atom. The number of urea groups is 1. The number of carbonyl (C=O) groups excluding carboxylic acids is 5. The van der Waals surface area contributed by atoms with Gasteiger partial charge in [0.2, 0.25) is 17.8 Å². The van der Waals surface area contributed by atoms with E-state index in [9.17, 15) is 24.0 Å². The second-order valence-corrected chi connectivity index (χ2v) is 14.6. The van der Waals surface area contributed by atoms with Gasteiger partial charge in [0.15, 0.2) is 0 Å². The average molecular weight is 719 g/mol. The minimum Gasteiger partial charge on any atom is -0.449 e. The Morgan fingerprint density at radius 2 is 1.42 bits per heavy atom. The Kier molecular flexibility index (Phi) is 13.9. The average Bonchev–Trinajstić information content (AvgIpc) is 3.15. The lowest BCUT2D eigenvalue weighted by molar-refractivity contribution is -0.161. The van der Waals surface area contributed by atoms with Crippen LogP contribution in [0.15, 0.2) is 47.5 Å². The van der Waals surface area contributed by atoms with E-state index in [1.807, 2.05) is 49.4 Å². The van der Waals surface area contributed by atoms with Gasteiger partial charge in [-0.3, -0.25) is 30.1 Å². The van der Waals surface area contributed by atoms with Crippen molar-refractivity contribution in [2.75, 3.05) is 33.9 Å². The van der Waals surface area contributed by atoms with Crippen molar-refractivity contribution >= 4 is 46.8 Å². The Balaban J connectivity index is 1.18. The number of rotatable bonds is 11. The van der Waals surface area contributed by atoms with E-state index in [1.54, 1.807) is 14.1 Å². The maximum Gasteiger partial charge on any atom is 0.413 e. The normalized spacial score (nSPS) is 19.9. The van der Waals surface area contributed by atoms with Crippen LogP contribution in [0.25, 0.3) is 10.8 Å². The fourth-order valence-corrected chi connectivity index (χ4v) is 7.54. The summed E-state index contributed by atoms with van der Waals surface area (Å²) in [5.41, 5.74) is 0.901. The van der Waals surface area contributed by atoms with Gasteiger partial charge in [-0.15, -0.1) is 0 Å². The molecular weight excluding hydrogens is 664 g/mol. The van der Waals surface area contributed by atoms with Crippen molar-refractivity contribution in [2.45, 2.75) is 96.1 Å². The number of ether oxygens (including phenoxy) is 2. The maximum absolute atomic E-state index is 13.5. The van der Waals surface area contributed by atoms with Crippen LogP contribution in [0.5, 0.6) is 0 Å². The molecule has 6 amide bonds. The molecule has 1 saturated heterocycles. The number of nitrogens with one attached hydrogen (secondary N) is 3. The van der Waals surface area contributed by atoms with Gasteiger partial charge in [0.05, 0.1) is 25.2 Å². The molecule has 2 saturated carbocycles. The number of imide groups is 1. The van der Waals surface area contributed by atoms with Gasteiger partial charge in [-0.2, -0.15) is 0 Å². The SMILES string of the molecule is CC(NC(=O)N1C(=O)[C@H](CCCN=C(NC(=O)OCC2CCCCC2)NC(=O)OCC2CCCCC2)C1C(=O)N(C)C)c1cccc2ccccc12. The molecule has 2 aromatic carbocycles. The lowest BCUT2D eigenvalue weighted by Crippen LogP contribution is -2.69. The number of nitrogens with zero attached hydrogens (tertiary/aromatic N) is 3. The molecule has 0 spiro atoms. The van der Waals surface area contributed by atoms with Gasteiger partial charge in [0.1, 0.15) is 6.04 Å². The number of hydrogen-bond donors (Lipinski definition) is 3. The first-order valence-corrected chi connectivity index (χ1v) is 18.9. The monoisotopic (exact) mass is 718 g/mol. The third-order valence-electron chi connectivity index (χ3n) is 10.5. The zero-order valence-corrected chi connectivity index (χ0v) is 30.7. The quantitative estimate of drug-likeness (QED) is 0.107. The number of likely N-dealkylation sites (N-methyl/N-ethyl adjacent to an activating group) is 1. The summed E-state index contributed by atoms with van der Waals surface area (Å²) in [6, 6.07) is 11.7. The van der Waals surface area contributed by atoms with Gasteiger partial charge in [0, 0.05) is 20.6 Å². The van der Waals surface area contributed by atoms with E-state index in [0.717, 1.165) is 72.6 Å². The molecule has 5 rings (SSSR count). The second kappa shape index (κ2) is 18.7. The highest BCUT2D eigenvalue weighted by atomic mass is 16.6. The lowest BCUT2D eigenvalue weighted by Gasteiger charge is -2.45. The predicted octanol–water partition coefficient (Wildman–Crippen LogP) is 6.27. The third kappa shape index (κ3) is 10.2. The summed E-state index contributed by atoms with van der Waals surface area (Å²) in [4.78, 5) is 72.3. The van der Waals surface area contributed by atoms with E-state index in [4.69, 9.17) is 9.47 Å². The number of benzene rings is 2. The van der Waals surface area contributed by atoms with Crippen molar-refractivity contribution in [1.82, 2.24) is 25.8 Å². The van der Waals surface area contributed by atoms with E-state index in [0.29, 0.717) is 31.5 Å². The summed E-state index contributed by atoms with van der Waals surface area (Å²) >= 11 is 0. The maximum atomic E-state index is 13.5. The Bertz CT molecular complexity index is 1560. The van der Waals surface area contributed by atoms with E-state index >= 15 is 0 Å². The smallest absolute Gasteiger partial charge is 0.413 e. The largest absolute Gasteiger partial charge is 0.449 e. The number of likely N-dealkylation sites (tertiary alicyclic amines) is 1. The van der Waals surface area contributed by atoms with Gasteiger partial charge in [-0.1, -0.05) is 81.0 Å².